The fourth-order valence-corrected chi connectivity index (χ4v) is 4.11. The maximum absolute atomic E-state index is 13.2. The summed E-state index contributed by atoms with van der Waals surface area (Å²) in [7, 11) is 0. The molecule has 0 aliphatic heterocycles. The van der Waals surface area contributed by atoms with Crippen LogP contribution >= 0.6 is 0 Å². The minimum Gasteiger partial charge on any atom is -0.396 e. The second-order valence-corrected chi connectivity index (χ2v) is 8.63. The number of aromatic amines is 1. The molecule has 0 bridgehead atoms. The average Bonchev–Trinajstić information content (AvgIpc) is 3.37. The minimum atomic E-state index is -0.0585. The van der Waals surface area contributed by atoms with Crippen molar-refractivity contribution in [2.75, 3.05) is 13.2 Å². The zero-order chi connectivity index (χ0) is 22.8. The standard InChI is InChI=1S/C24H30N6O2/c1-15(2)30-22-7-5-4-6-21(22)29(24(30)32)12-18(16(3)13-31)11-26-23(25)17-8-9-19-20(10-17)28-14-27-19/h4-10,14-16,18,31H,11-13H2,1-3H3,(H2,25,26)(H,27,28). The van der Waals surface area contributed by atoms with Gasteiger partial charge in [-0.3, -0.25) is 14.1 Å². The lowest BCUT2D eigenvalue weighted by Crippen LogP contribution is -2.32. The van der Waals surface area contributed by atoms with Crippen LogP contribution in [-0.2, 0) is 6.54 Å². The normalized spacial score (nSPS) is 14.5. The van der Waals surface area contributed by atoms with Crippen LogP contribution in [0.15, 0.2) is 58.6 Å². The topological polar surface area (TPSA) is 114 Å². The van der Waals surface area contributed by atoms with Gasteiger partial charge in [-0.15, -0.1) is 0 Å². The van der Waals surface area contributed by atoms with Crippen LogP contribution in [0.3, 0.4) is 0 Å². The van der Waals surface area contributed by atoms with E-state index in [-0.39, 0.29) is 30.2 Å². The number of hydrogen-bond acceptors (Lipinski definition) is 4. The lowest BCUT2D eigenvalue weighted by atomic mass is 9.94. The summed E-state index contributed by atoms with van der Waals surface area (Å²) in [5, 5.41) is 9.85. The van der Waals surface area contributed by atoms with Crippen molar-refractivity contribution in [3.8, 4) is 0 Å². The highest BCUT2D eigenvalue weighted by atomic mass is 16.3. The van der Waals surface area contributed by atoms with Crippen molar-refractivity contribution in [2.24, 2.45) is 22.6 Å². The average molecular weight is 435 g/mol. The lowest BCUT2D eigenvalue weighted by Gasteiger charge is -2.21. The number of para-hydroxylation sites is 2. The molecule has 0 fully saturated rings. The second kappa shape index (κ2) is 9.00. The van der Waals surface area contributed by atoms with Crippen LogP contribution in [-0.4, -0.2) is 43.2 Å². The van der Waals surface area contributed by atoms with E-state index in [4.69, 9.17) is 5.73 Å². The lowest BCUT2D eigenvalue weighted by molar-refractivity contribution is 0.180. The summed E-state index contributed by atoms with van der Waals surface area (Å²) in [5.74, 6) is 0.312. The third kappa shape index (κ3) is 4.05. The summed E-state index contributed by atoms with van der Waals surface area (Å²) in [6, 6.07) is 13.6. The summed E-state index contributed by atoms with van der Waals surface area (Å²) in [4.78, 5) is 25.2. The number of fused-ring (bicyclic) bond motifs is 2. The molecule has 4 N–H and O–H groups in total. The van der Waals surface area contributed by atoms with Crippen molar-refractivity contribution < 1.29 is 5.11 Å². The van der Waals surface area contributed by atoms with E-state index in [2.05, 4.69) is 15.0 Å². The first-order chi connectivity index (χ1) is 15.4. The number of aliphatic imine (C=N–C) groups is 1. The number of H-pyrrole nitrogens is 1. The maximum Gasteiger partial charge on any atom is 0.329 e. The number of hydrogen-bond donors (Lipinski definition) is 3. The summed E-state index contributed by atoms with van der Waals surface area (Å²) < 4.78 is 3.61. The van der Waals surface area contributed by atoms with Gasteiger partial charge in [-0.05, 0) is 50.1 Å². The number of imidazole rings is 2. The van der Waals surface area contributed by atoms with Gasteiger partial charge in [0, 0.05) is 37.2 Å². The van der Waals surface area contributed by atoms with E-state index < -0.39 is 0 Å². The number of benzene rings is 2. The van der Waals surface area contributed by atoms with Crippen LogP contribution in [0.5, 0.6) is 0 Å². The predicted octanol–water partition coefficient (Wildman–Crippen LogP) is 2.91. The zero-order valence-electron chi connectivity index (χ0n) is 18.7. The Morgan fingerprint density at radius 2 is 1.94 bits per heavy atom. The monoisotopic (exact) mass is 434 g/mol. The first kappa shape index (κ1) is 21.8. The van der Waals surface area contributed by atoms with Crippen molar-refractivity contribution in [1.82, 2.24) is 19.1 Å². The molecule has 4 rings (SSSR count). The highest BCUT2D eigenvalue weighted by Gasteiger charge is 2.22. The maximum atomic E-state index is 13.2. The van der Waals surface area contributed by atoms with E-state index in [1.165, 1.54) is 0 Å². The van der Waals surface area contributed by atoms with Crippen molar-refractivity contribution >= 4 is 27.9 Å². The molecule has 2 aromatic carbocycles. The molecule has 0 amide bonds. The minimum absolute atomic E-state index is 0.0108. The molecular weight excluding hydrogens is 404 g/mol. The molecule has 8 heteroatoms. The van der Waals surface area contributed by atoms with Crippen LogP contribution in [0.1, 0.15) is 32.4 Å². The van der Waals surface area contributed by atoms with E-state index in [0.717, 1.165) is 27.6 Å². The predicted molar refractivity (Wildman–Crippen MR) is 128 cm³/mol. The highest BCUT2D eigenvalue weighted by Crippen LogP contribution is 2.21. The molecule has 0 aliphatic carbocycles. The van der Waals surface area contributed by atoms with E-state index in [1.807, 2.05) is 67.8 Å². The molecule has 2 aromatic heterocycles. The Morgan fingerprint density at radius 3 is 2.66 bits per heavy atom. The van der Waals surface area contributed by atoms with E-state index in [9.17, 15) is 9.90 Å². The SMILES string of the molecule is CC(CO)C(CN=C(N)c1ccc2[nH]cnc2c1)Cn1c(=O)n(C(C)C)c2ccccc21. The summed E-state index contributed by atoms with van der Waals surface area (Å²) >= 11 is 0. The Kier molecular flexibility index (Phi) is 6.14. The van der Waals surface area contributed by atoms with Crippen LogP contribution in [0.2, 0.25) is 0 Å². The van der Waals surface area contributed by atoms with Gasteiger partial charge >= 0.3 is 5.69 Å². The van der Waals surface area contributed by atoms with E-state index >= 15 is 0 Å². The third-order valence-corrected chi connectivity index (χ3v) is 6.11. The number of amidine groups is 1. The number of nitrogens with two attached hydrogens (primary N) is 1. The van der Waals surface area contributed by atoms with Crippen molar-refractivity contribution in [3.05, 3.63) is 64.8 Å². The zero-order valence-corrected chi connectivity index (χ0v) is 18.7. The molecule has 168 valence electrons. The fourth-order valence-electron chi connectivity index (χ4n) is 4.11. The smallest absolute Gasteiger partial charge is 0.329 e. The largest absolute Gasteiger partial charge is 0.396 e. The van der Waals surface area contributed by atoms with Crippen LogP contribution in [0.4, 0.5) is 0 Å². The van der Waals surface area contributed by atoms with E-state index in [1.54, 1.807) is 10.9 Å². The van der Waals surface area contributed by atoms with E-state index in [0.29, 0.717) is 18.9 Å². The number of nitrogens with zero attached hydrogens (tertiary/aromatic N) is 4. The molecule has 0 saturated carbocycles. The van der Waals surface area contributed by atoms with Gasteiger partial charge in [-0.2, -0.15) is 0 Å². The molecule has 0 aliphatic rings. The van der Waals surface area contributed by atoms with Gasteiger partial charge < -0.3 is 15.8 Å². The highest BCUT2D eigenvalue weighted by molar-refractivity contribution is 6.00. The van der Waals surface area contributed by atoms with Gasteiger partial charge in [0.25, 0.3) is 0 Å². The molecule has 2 atom stereocenters. The van der Waals surface area contributed by atoms with Crippen molar-refractivity contribution in [1.29, 1.82) is 0 Å². The Labute approximate surface area is 186 Å². The van der Waals surface area contributed by atoms with Gasteiger partial charge in [0.1, 0.15) is 5.84 Å². The second-order valence-electron chi connectivity index (χ2n) is 8.63. The van der Waals surface area contributed by atoms with Crippen LogP contribution in [0, 0.1) is 11.8 Å². The molecule has 0 saturated heterocycles. The summed E-state index contributed by atoms with van der Waals surface area (Å²) in [6.07, 6.45) is 1.64. The number of aromatic nitrogens is 4. The molecule has 4 aromatic rings. The van der Waals surface area contributed by atoms with Crippen LogP contribution < -0.4 is 11.4 Å². The quantitative estimate of drug-likeness (QED) is 0.292. The molecule has 0 spiro atoms. The van der Waals surface area contributed by atoms with Gasteiger partial charge in [-0.1, -0.05) is 19.1 Å². The Bertz CT molecular complexity index is 1310. The molecule has 2 unspecified atom stereocenters. The Balaban J connectivity index is 1.64. The van der Waals surface area contributed by atoms with Crippen molar-refractivity contribution in [2.45, 2.75) is 33.4 Å². The molecule has 32 heavy (non-hydrogen) atoms. The van der Waals surface area contributed by atoms with Gasteiger partial charge in [-0.25, -0.2) is 9.78 Å². The number of rotatable bonds is 8. The van der Waals surface area contributed by atoms with Gasteiger partial charge in [0.15, 0.2) is 0 Å². The number of nitrogens with one attached hydrogen (secondary N) is 1. The Hall–Kier alpha value is -3.39. The number of aliphatic hydroxyl groups excluding tert-OH is 1. The molecule has 2 heterocycles. The summed E-state index contributed by atoms with van der Waals surface area (Å²) in [6.45, 7) is 6.85. The van der Waals surface area contributed by atoms with Gasteiger partial charge in [0.05, 0.1) is 28.4 Å². The van der Waals surface area contributed by atoms with Gasteiger partial charge in [0.2, 0.25) is 0 Å². The first-order valence-electron chi connectivity index (χ1n) is 10.9. The molecule has 0 radical (unpaired) electrons. The van der Waals surface area contributed by atoms with Crippen LogP contribution in [0.25, 0.3) is 22.1 Å². The number of aliphatic hydroxyl groups is 1. The summed E-state index contributed by atoms with van der Waals surface area (Å²) in [5.41, 5.74) is 10.6. The Morgan fingerprint density at radius 1 is 1.19 bits per heavy atom. The third-order valence-electron chi connectivity index (χ3n) is 6.11. The molecular formula is C24H30N6O2. The fraction of sp³-hybridized carbons (Fsp3) is 0.375. The molecule has 8 nitrogen and oxygen atoms in total. The van der Waals surface area contributed by atoms with Crippen molar-refractivity contribution in [3.63, 3.8) is 0 Å². The first-order valence-corrected chi connectivity index (χ1v) is 10.9.